The number of ketones is 2. The summed E-state index contributed by atoms with van der Waals surface area (Å²) in [6.45, 7) is 3.05. The number of carbonyl (C=O) groups excluding carboxylic acids is 4. The Morgan fingerprint density at radius 1 is 0.390 bits per heavy atom. The van der Waals surface area contributed by atoms with E-state index in [-0.39, 0.29) is 80.3 Å². The fraction of sp³-hybridized carbons (Fsp3) is 0.361. The van der Waals surface area contributed by atoms with E-state index in [0.717, 1.165) is 10.3 Å². The molecule has 0 unspecified atom stereocenters. The SMILES string of the molecule is CCOC(=O)C(CCCCCOc1ccc(C(=O)c2c(-c3ccc(O)cc3)sc3cc(O)ccc23)cc1)(CCCC(F)(F)C(F)(F)F)C(=O)OCC.O=C(c1ccc(OCCCCCC(CCCC(F)(F)C(F)(F)F)(C(=O)O)C(=O)O)cc1)c1c(-c2ccc(O)cc2)sc2cc(O)ccc12. The van der Waals surface area contributed by atoms with Gasteiger partial charge in [-0.05, 0) is 210 Å². The highest BCUT2D eigenvalue weighted by molar-refractivity contribution is 7.23. The molecule has 6 N–H and O–H groups in total. The van der Waals surface area contributed by atoms with E-state index in [9.17, 15) is 103 Å². The third-order valence-corrected chi connectivity index (χ3v) is 18.9. The van der Waals surface area contributed by atoms with Crippen LogP contribution < -0.4 is 9.47 Å². The lowest BCUT2D eigenvalue weighted by Crippen LogP contribution is -2.43. The largest absolute Gasteiger partial charge is 0.508 e. The fourth-order valence-electron chi connectivity index (χ4n) is 11.0. The summed E-state index contributed by atoms with van der Waals surface area (Å²) in [5, 5.41) is 59.9. The van der Waals surface area contributed by atoms with Crippen LogP contribution >= 0.6 is 22.7 Å². The zero-order valence-corrected chi connectivity index (χ0v) is 55.4. The minimum absolute atomic E-state index is 0.0425. The van der Waals surface area contributed by atoms with Gasteiger partial charge in [-0.1, -0.05) is 25.7 Å². The maximum Gasteiger partial charge on any atom is 0.453 e. The second-order valence-corrected chi connectivity index (χ2v) is 25.5. The number of phenolic OH excluding ortho intramolecular Hbond substituents is 4. The highest BCUT2D eigenvalue weighted by atomic mass is 32.1. The first-order chi connectivity index (χ1) is 47.2. The number of benzene rings is 6. The highest BCUT2D eigenvalue weighted by Gasteiger charge is 2.59. The molecule has 100 heavy (non-hydrogen) atoms. The number of aliphatic carboxylic acids is 2. The van der Waals surface area contributed by atoms with Gasteiger partial charge in [0, 0.05) is 65.0 Å². The smallest absolute Gasteiger partial charge is 0.453 e. The molecule has 0 saturated carbocycles. The third kappa shape index (κ3) is 19.1. The van der Waals surface area contributed by atoms with Crippen LogP contribution in [0.2, 0.25) is 0 Å². The molecule has 536 valence electrons. The lowest BCUT2D eigenvalue weighted by molar-refractivity contribution is -0.285. The molecule has 6 aromatic carbocycles. The quantitative estimate of drug-likeness (QED) is 0.00720. The van der Waals surface area contributed by atoms with Crippen LogP contribution in [0.3, 0.4) is 0 Å². The molecule has 0 saturated heterocycles. The second-order valence-electron chi connectivity index (χ2n) is 23.4. The molecule has 8 aromatic rings. The van der Waals surface area contributed by atoms with Gasteiger partial charge in [0.15, 0.2) is 22.4 Å². The van der Waals surface area contributed by atoms with Crippen molar-refractivity contribution in [1.29, 1.82) is 0 Å². The van der Waals surface area contributed by atoms with E-state index in [2.05, 4.69) is 0 Å². The highest BCUT2D eigenvalue weighted by Crippen LogP contribution is 2.47. The standard InChI is InChI=1S/C38H39F5O8S.C34H31F5O8S/c1-3-49-34(47)36(35(48)50-4-2,20-8-21-37(39,40)38(41,42)43)19-6-5-7-22-51-28-16-11-24(12-17-28)32(46)31-29-18-15-27(45)23-30(29)52-33(31)25-9-13-26(44)14-10-25;35-33(36,34(37,38)39)17-4-16-32(30(43)44,31(45)46)15-2-1-3-18-47-24-12-7-20(8-13-24)28(42)27-25-14-11-23(41)19-26(25)48-29(27)21-5-9-22(40)10-6-21/h9-18,23,44-45H,3-8,19-22H2,1-2H3;5-14,19,40-41H,1-4,15-18H2,(H,43,44)(H,45,46). The number of aromatic hydroxyl groups is 4. The molecule has 0 amide bonds. The maximum absolute atomic E-state index is 13.8. The number of hydrogen-bond donors (Lipinski definition) is 6. The molecule has 0 fully saturated rings. The first-order valence-corrected chi connectivity index (χ1v) is 33.2. The zero-order chi connectivity index (χ0) is 73.4. The van der Waals surface area contributed by atoms with Crippen molar-refractivity contribution in [3.8, 4) is 55.4 Å². The molecule has 16 nitrogen and oxygen atoms in total. The molecule has 28 heteroatoms. The Morgan fingerprint density at radius 3 is 1.06 bits per heavy atom. The number of rotatable bonds is 34. The van der Waals surface area contributed by atoms with Crippen LogP contribution in [0.5, 0.6) is 34.5 Å². The summed E-state index contributed by atoms with van der Waals surface area (Å²) in [6.07, 6.45) is -17.0. The van der Waals surface area contributed by atoms with Crippen molar-refractivity contribution < 1.29 is 122 Å². The summed E-state index contributed by atoms with van der Waals surface area (Å²) in [5.74, 6) is -15.1. The van der Waals surface area contributed by atoms with Crippen molar-refractivity contribution in [3.63, 3.8) is 0 Å². The van der Waals surface area contributed by atoms with Crippen LogP contribution in [0, 0.1) is 10.8 Å². The topological polar surface area (TPSA) is 261 Å². The first-order valence-electron chi connectivity index (χ1n) is 31.5. The van der Waals surface area contributed by atoms with Crippen molar-refractivity contribution in [2.75, 3.05) is 26.4 Å². The van der Waals surface area contributed by atoms with E-state index < -0.39 is 104 Å². The van der Waals surface area contributed by atoms with Crippen molar-refractivity contribution in [1.82, 2.24) is 0 Å². The van der Waals surface area contributed by atoms with Crippen LogP contribution in [0.15, 0.2) is 133 Å². The Morgan fingerprint density at radius 2 is 0.720 bits per heavy atom. The van der Waals surface area contributed by atoms with Gasteiger partial charge in [0.25, 0.3) is 0 Å². The van der Waals surface area contributed by atoms with Crippen LogP contribution in [0.25, 0.3) is 41.1 Å². The van der Waals surface area contributed by atoms with Crippen molar-refractivity contribution in [3.05, 3.63) is 156 Å². The average Bonchev–Trinajstić information content (AvgIpc) is 1.60. The Kier molecular flexibility index (Phi) is 26.2. The van der Waals surface area contributed by atoms with Gasteiger partial charge in [-0.2, -0.15) is 43.9 Å². The van der Waals surface area contributed by atoms with Crippen molar-refractivity contribution >= 4 is 78.3 Å². The van der Waals surface area contributed by atoms with Crippen LogP contribution in [0.1, 0.15) is 136 Å². The third-order valence-electron chi connectivity index (χ3n) is 16.5. The normalized spacial score (nSPS) is 12.2. The molecule has 0 aliphatic rings. The molecule has 0 aliphatic heterocycles. The first kappa shape index (κ1) is 77.9. The minimum Gasteiger partial charge on any atom is -0.508 e. The Bertz CT molecular complexity index is 4100. The van der Waals surface area contributed by atoms with Gasteiger partial charge in [0.1, 0.15) is 34.5 Å². The lowest BCUT2D eigenvalue weighted by atomic mass is 9.77. The van der Waals surface area contributed by atoms with Gasteiger partial charge in [0.05, 0.1) is 26.4 Å². The summed E-state index contributed by atoms with van der Waals surface area (Å²) in [6, 6.07) is 35.3. The van der Waals surface area contributed by atoms with Gasteiger partial charge >= 0.3 is 48.1 Å². The number of halogens is 10. The minimum atomic E-state index is -5.82. The zero-order valence-electron chi connectivity index (χ0n) is 53.8. The fourth-order valence-corrected chi connectivity index (χ4v) is 13.5. The van der Waals surface area contributed by atoms with Gasteiger partial charge in [-0.3, -0.25) is 28.8 Å². The number of unbranched alkanes of at least 4 members (excludes halogenated alkanes) is 4. The summed E-state index contributed by atoms with van der Waals surface area (Å²) < 4.78 is 152. The van der Waals surface area contributed by atoms with E-state index >= 15 is 0 Å². The number of ether oxygens (including phenoxy) is 4. The van der Waals surface area contributed by atoms with E-state index in [1.165, 1.54) is 72.9 Å². The van der Waals surface area contributed by atoms with Gasteiger partial charge < -0.3 is 49.6 Å². The number of carboxylic acid groups (broad SMARTS) is 2. The monoisotopic (exact) mass is 1440 g/mol. The molecule has 0 aliphatic carbocycles. The number of thiophene rings is 2. The number of esters is 2. The van der Waals surface area contributed by atoms with Crippen LogP contribution in [0.4, 0.5) is 43.9 Å². The number of phenols is 4. The number of carbonyl (C=O) groups is 6. The number of hydrogen-bond acceptors (Lipinski definition) is 16. The van der Waals surface area contributed by atoms with Crippen LogP contribution in [-0.4, -0.2) is 117 Å². The van der Waals surface area contributed by atoms with E-state index in [0.29, 0.717) is 90.2 Å². The molecule has 8 rings (SSSR count). The molecular formula is C72H70F10O16S2. The summed E-state index contributed by atoms with van der Waals surface area (Å²) >= 11 is 2.67. The van der Waals surface area contributed by atoms with Gasteiger partial charge in [0.2, 0.25) is 0 Å². The second kappa shape index (κ2) is 33.6. The molecule has 0 bridgehead atoms. The summed E-state index contributed by atoms with van der Waals surface area (Å²) in [5.41, 5.74) is -1.45. The van der Waals surface area contributed by atoms with Crippen LogP contribution in [-0.2, 0) is 28.7 Å². The molecule has 2 aromatic heterocycles. The maximum atomic E-state index is 13.8. The summed E-state index contributed by atoms with van der Waals surface area (Å²) in [7, 11) is 0. The van der Waals surface area contributed by atoms with E-state index in [1.54, 1.807) is 97.1 Å². The predicted molar refractivity (Wildman–Crippen MR) is 352 cm³/mol. The predicted octanol–water partition coefficient (Wildman–Crippen LogP) is 18.3. The van der Waals surface area contributed by atoms with Crippen molar-refractivity contribution in [2.24, 2.45) is 10.8 Å². The lowest BCUT2D eigenvalue weighted by Gasteiger charge is -2.30. The molecule has 2 heterocycles. The average molecular weight is 1450 g/mol. The van der Waals surface area contributed by atoms with Gasteiger partial charge in [-0.25, -0.2) is 0 Å². The number of fused-ring (bicyclic) bond motifs is 2. The summed E-state index contributed by atoms with van der Waals surface area (Å²) in [4.78, 5) is 78.4. The van der Waals surface area contributed by atoms with Gasteiger partial charge in [-0.15, -0.1) is 22.7 Å². The Hall–Kier alpha value is -9.44. The molecular weight excluding hydrogens is 1370 g/mol. The van der Waals surface area contributed by atoms with E-state index in [4.69, 9.17) is 18.9 Å². The number of carboxylic acids is 2. The molecule has 0 radical (unpaired) electrons. The van der Waals surface area contributed by atoms with E-state index in [1.807, 2.05) is 0 Å². The number of alkyl halides is 10. The molecule has 0 spiro atoms. The van der Waals surface area contributed by atoms with Crippen molar-refractivity contribution in [2.45, 2.75) is 128 Å². The molecule has 0 atom stereocenters. The Labute approximate surface area is 574 Å². The Balaban J connectivity index is 0.000000282.